The first-order chi connectivity index (χ1) is 23.9. The van der Waals surface area contributed by atoms with Gasteiger partial charge in [0.1, 0.15) is 46.2 Å². The predicted molar refractivity (Wildman–Crippen MR) is 186 cm³/mol. The van der Waals surface area contributed by atoms with Crippen molar-refractivity contribution in [1.82, 2.24) is 0 Å². The molecule has 248 valence electrons. The van der Waals surface area contributed by atoms with Gasteiger partial charge in [0.15, 0.2) is 22.4 Å². The van der Waals surface area contributed by atoms with Crippen molar-refractivity contribution in [2.24, 2.45) is 0 Å². The van der Waals surface area contributed by atoms with Crippen molar-refractivity contribution in [3.8, 4) is 34.5 Å². The Labute approximate surface area is 288 Å². The third-order valence-electron chi connectivity index (χ3n) is 8.94. The zero-order chi connectivity index (χ0) is 34.1. The van der Waals surface area contributed by atoms with Gasteiger partial charge in [0.25, 0.3) is 0 Å². The average molecular weight is 675 g/mol. The topological polar surface area (TPSA) is 89.5 Å². The van der Waals surface area contributed by atoms with Crippen LogP contribution in [0.4, 0.5) is 0 Å². The Kier molecular flexibility index (Phi) is 8.69. The lowest BCUT2D eigenvalue weighted by atomic mass is 9.77. The van der Waals surface area contributed by atoms with E-state index >= 15 is 4.79 Å². The van der Waals surface area contributed by atoms with Crippen molar-refractivity contribution >= 4 is 23.3 Å². The maximum absolute atomic E-state index is 15.5. The summed E-state index contributed by atoms with van der Waals surface area (Å²) in [5, 5.41) is 0. The number of rotatable bonds is 9. The van der Waals surface area contributed by atoms with Crippen molar-refractivity contribution in [1.29, 1.82) is 0 Å². The fraction of sp³-hybridized carbons (Fsp3) is 0.200. The third-order valence-corrected chi connectivity index (χ3v) is 10.4. The van der Waals surface area contributed by atoms with Crippen LogP contribution in [0.5, 0.6) is 34.5 Å². The first kappa shape index (κ1) is 32.2. The monoisotopic (exact) mass is 674 g/mol. The van der Waals surface area contributed by atoms with Crippen LogP contribution in [0, 0.1) is 0 Å². The molecule has 2 heterocycles. The van der Waals surface area contributed by atoms with Crippen molar-refractivity contribution in [2.45, 2.75) is 28.3 Å². The average Bonchev–Trinajstić information content (AvgIpc) is 3.15. The van der Waals surface area contributed by atoms with Crippen LogP contribution < -0.4 is 28.4 Å². The van der Waals surface area contributed by atoms with Gasteiger partial charge in [0, 0.05) is 11.0 Å². The summed E-state index contributed by atoms with van der Waals surface area (Å²) in [6.45, 7) is 0. The molecule has 0 fully saturated rings. The number of carbonyl (C=O) groups is 2. The van der Waals surface area contributed by atoms with Crippen LogP contribution >= 0.6 is 11.8 Å². The Morgan fingerprint density at radius 1 is 0.673 bits per heavy atom. The number of Topliss-reactive ketones (excluding diaryl/α,β-unsaturated/α-hetero) is 2. The molecule has 9 heteroatoms. The summed E-state index contributed by atoms with van der Waals surface area (Å²) in [6.07, 6.45) is -1.50. The van der Waals surface area contributed by atoms with Crippen LogP contribution in [0.15, 0.2) is 114 Å². The van der Waals surface area contributed by atoms with Gasteiger partial charge >= 0.3 is 0 Å². The van der Waals surface area contributed by atoms with E-state index in [4.69, 9.17) is 28.4 Å². The molecule has 7 rings (SSSR count). The van der Waals surface area contributed by atoms with E-state index in [-0.39, 0.29) is 29.3 Å². The van der Waals surface area contributed by atoms with Gasteiger partial charge in [-0.05, 0) is 59.7 Å². The van der Waals surface area contributed by atoms with Gasteiger partial charge in [-0.25, -0.2) is 0 Å². The molecule has 0 radical (unpaired) electrons. The molecule has 3 unspecified atom stereocenters. The molecule has 49 heavy (non-hydrogen) atoms. The summed E-state index contributed by atoms with van der Waals surface area (Å²) >= 11 is 1.33. The normalized spacial score (nSPS) is 19.5. The van der Waals surface area contributed by atoms with Crippen molar-refractivity contribution in [3.05, 3.63) is 137 Å². The van der Waals surface area contributed by atoms with Crippen molar-refractivity contribution < 1.29 is 38.0 Å². The molecule has 0 N–H and O–H groups in total. The molecule has 0 amide bonds. The highest BCUT2D eigenvalue weighted by atomic mass is 32.2. The van der Waals surface area contributed by atoms with Crippen molar-refractivity contribution in [3.63, 3.8) is 0 Å². The Morgan fingerprint density at radius 2 is 1.29 bits per heavy atom. The lowest BCUT2D eigenvalue weighted by molar-refractivity contribution is 0.0692. The van der Waals surface area contributed by atoms with E-state index in [1.54, 1.807) is 32.4 Å². The largest absolute Gasteiger partial charge is 0.497 e. The molecule has 5 aromatic carbocycles. The number of methoxy groups -OCH3 is 4. The molecular weight excluding hydrogens is 640 g/mol. The van der Waals surface area contributed by atoms with E-state index in [0.29, 0.717) is 45.4 Å². The number of carbonyl (C=O) groups excluding carboxylic acids is 2. The van der Waals surface area contributed by atoms with Gasteiger partial charge in [0.2, 0.25) is 0 Å². The number of ether oxygens (including phenoxy) is 6. The summed E-state index contributed by atoms with van der Waals surface area (Å²) in [5.74, 6) is 2.20. The van der Waals surface area contributed by atoms with Crippen LogP contribution in [-0.2, 0) is 4.75 Å². The molecule has 8 nitrogen and oxygen atoms in total. The second-order valence-corrected chi connectivity index (χ2v) is 12.9. The summed E-state index contributed by atoms with van der Waals surface area (Å²) in [5.41, 5.74) is 2.52. The van der Waals surface area contributed by atoms with Gasteiger partial charge in [-0.1, -0.05) is 54.6 Å². The standard InChI is InChI=1S/C40H34O8S/c1-43-26-18-14-24(15-19-26)32-22-30(41)35-33(45-3)23-34(46-4)36(37(35)47-32)40(49-28-10-6-5-7-11-28)38(42)29-12-8-9-13-31(29)48-39(40)25-16-20-27(44-2)21-17-25/h5-21,23,32,39H,22H2,1-4H3. The zero-order valence-electron chi connectivity index (χ0n) is 27.4. The first-order valence-corrected chi connectivity index (χ1v) is 16.5. The van der Waals surface area contributed by atoms with E-state index in [9.17, 15) is 4.79 Å². The first-order valence-electron chi connectivity index (χ1n) is 15.7. The molecule has 0 aliphatic carbocycles. The number of para-hydroxylation sites is 1. The highest BCUT2D eigenvalue weighted by Gasteiger charge is 2.58. The molecule has 0 aromatic heterocycles. The summed E-state index contributed by atoms with van der Waals surface area (Å²) in [4.78, 5) is 30.5. The zero-order valence-corrected chi connectivity index (χ0v) is 28.2. The minimum atomic E-state index is -1.56. The molecule has 5 aromatic rings. The Morgan fingerprint density at radius 3 is 1.92 bits per heavy atom. The summed E-state index contributed by atoms with van der Waals surface area (Å²) in [7, 11) is 6.23. The molecule has 0 saturated carbocycles. The van der Waals surface area contributed by atoms with Crippen LogP contribution in [0.2, 0.25) is 0 Å². The molecular formula is C40H34O8S. The minimum Gasteiger partial charge on any atom is -0.497 e. The summed E-state index contributed by atoms with van der Waals surface area (Å²) in [6, 6.07) is 33.4. The lowest BCUT2D eigenvalue weighted by Gasteiger charge is -2.45. The van der Waals surface area contributed by atoms with E-state index in [0.717, 1.165) is 10.5 Å². The highest BCUT2D eigenvalue weighted by molar-refractivity contribution is 8.01. The number of ketones is 2. The Balaban J connectivity index is 1.55. The molecule has 0 spiro atoms. The van der Waals surface area contributed by atoms with Gasteiger partial charge < -0.3 is 28.4 Å². The van der Waals surface area contributed by atoms with Crippen LogP contribution in [-0.4, -0.2) is 40.0 Å². The fourth-order valence-corrected chi connectivity index (χ4v) is 8.02. The molecule has 2 aliphatic rings. The number of fused-ring (bicyclic) bond motifs is 2. The second kappa shape index (κ2) is 13.2. The number of thioether (sulfide) groups is 1. The van der Waals surface area contributed by atoms with Crippen LogP contribution in [0.25, 0.3) is 0 Å². The Bertz CT molecular complexity index is 2010. The second-order valence-electron chi connectivity index (χ2n) is 11.6. The SMILES string of the molecule is COc1ccc(C2CC(=O)c3c(OC)cc(OC)c(C4(Sc5ccccc5)C(=O)c5ccccc5OC4c4ccc(OC)cc4)c3O2)cc1. The van der Waals surface area contributed by atoms with Gasteiger partial charge in [-0.2, -0.15) is 0 Å². The number of hydrogen-bond donors (Lipinski definition) is 0. The molecule has 0 bridgehead atoms. The summed E-state index contributed by atoms with van der Waals surface area (Å²) < 4.78 is 34.9. The smallest absolute Gasteiger partial charge is 0.191 e. The van der Waals surface area contributed by atoms with E-state index in [1.807, 2.05) is 91.0 Å². The predicted octanol–water partition coefficient (Wildman–Crippen LogP) is 8.43. The van der Waals surface area contributed by atoms with E-state index in [1.165, 1.54) is 26.0 Å². The van der Waals surface area contributed by atoms with Crippen molar-refractivity contribution in [2.75, 3.05) is 28.4 Å². The quantitative estimate of drug-likeness (QED) is 0.153. The minimum absolute atomic E-state index is 0.0650. The highest BCUT2D eigenvalue weighted by Crippen LogP contribution is 2.63. The van der Waals surface area contributed by atoms with Crippen LogP contribution in [0.1, 0.15) is 56.0 Å². The molecule has 3 atom stereocenters. The van der Waals surface area contributed by atoms with Gasteiger partial charge in [0.05, 0.1) is 46.0 Å². The maximum Gasteiger partial charge on any atom is 0.191 e. The maximum atomic E-state index is 15.5. The lowest BCUT2D eigenvalue weighted by Crippen LogP contribution is -2.46. The number of hydrogen-bond acceptors (Lipinski definition) is 9. The van der Waals surface area contributed by atoms with E-state index < -0.39 is 17.0 Å². The third kappa shape index (κ3) is 5.54. The fourth-order valence-electron chi connectivity index (χ4n) is 6.56. The molecule has 0 saturated heterocycles. The Hall–Kier alpha value is -5.41. The molecule has 2 aliphatic heterocycles. The van der Waals surface area contributed by atoms with Gasteiger partial charge in [-0.3, -0.25) is 9.59 Å². The van der Waals surface area contributed by atoms with Gasteiger partial charge in [-0.15, -0.1) is 11.8 Å². The van der Waals surface area contributed by atoms with Crippen LogP contribution in [0.3, 0.4) is 0 Å². The van der Waals surface area contributed by atoms with E-state index in [2.05, 4.69) is 0 Å². The number of benzene rings is 5.